The molecular weight excluding hydrogens is 276 g/mol. The minimum Gasteiger partial charge on any atom is -0.0619 e. The second kappa shape index (κ2) is 4.70. The van der Waals surface area contributed by atoms with Crippen LogP contribution in [0.15, 0.2) is 66.2 Å². The van der Waals surface area contributed by atoms with Gasteiger partial charge in [-0.25, -0.2) is 0 Å². The molecule has 0 fully saturated rings. The van der Waals surface area contributed by atoms with Crippen LogP contribution in [0.5, 0.6) is 0 Å². The minimum atomic E-state index is 1.05. The van der Waals surface area contributed by atoms with Crippen molar-refractivity contribution < 1.29 is 0 Å². The Bertz CT molecular complexity index is 1010. The normalized spacial score (nSPS) is 15.3. The molecule has 0 atom stereocenters. The summed E-state index contributed by atoms with van der Waals surface area (Å²) in [5, 5.41) is 2.80. The number of fused-ring (bicyclic) bond motifs is 1. The molecule has 2 aliphatic carbocycles. The lowest BCUT2D eigenvalue weighted by molar-refractivity contribution is 1.23. The van der Waals surface area contributed by atoms with Crippen LogP contribution in [0.3, 0.4) is 0 Å². The molecule has 2 aliphatic rings. The van der Waals surface area contributed by atoms with Crippen LogP contribution < -0.4 is 0 Å². The summed E-state index contributed by atoms with van der Waals surface area (Å²) >= 11 is 0. The molecule has 23 heavy (non-hydrogen) atoms. The predicted molar refractivity (Wildman–Crippen MR) is 99.2 cm³/mol. The molecule has 0 N–H and O–H groups in total. The van der Waals surface area contributed by atoms with Gasteiger partial charge in [-0.05, 0) is 62.6 Å². The molecule has 0 nitrogen and oxygen atoms in total. The van der Waals surface area contributed by atoms with Crippen molar-refractivity contribution in [2.24, 2.45) is 0 Å². The molecule has 3 aromatic rings. The Labute approximate surface area is 136 Å². The van der Waals surface area contributed by atoms with E-state index in [0.717, 1.165) is 12.8 Å². The average molecular weight is 294 g/mol. The van der Waals surface area contributed by atoms with Gasteiger partial charge in [0.05, 0.1) is 0 Å². The van der Waals surface area contributed by atoms with E-state index in [-0.39, 0.29) is 0 Å². The maximum absolute atomic E-state index is 2.39. The van der Waals surface area contributed by atoms with Crippen LogP contribution in [0.25, 0.3) is 28.0 Å². The summed E-state index contributed by atoms with van der Waals surface area (Å²) in [4.78, 5) is 0. The average Bonchev–Trinajstić information content (AvgIpc) is 3.15. The largest absolute Gasteiger partial charge is 0.0619 e. The van der Waals surface area contributed by atoms with E-state index in [1.807, 2.05) is 0 Å². The maximum atomic E-state index is 2.39. The third-order valence-corrected chi connectivity index (χ3v) is 5.24. The Morgan fingerprint density at radius 2 is 1.61 bits per heavy atom. The standard InChI is InChI=1S/C23H18/c1-2-19-20-11-5-9-15-10-6-12-21(22(15)20)23(19)18-13-16-7-3-4-8-17(16)14-18/h3-13H,2,14H2,1H3. The van der Waals surface area contributed by atoms with E-state index >= 15 is 0 Å². The fourth-order valence-corrected chi connectivity index (χ4v) is 4.27. The highest BCUT2D eigenvalue weighted by Gasteiger charge is 2.27. The van der Waals surface area contributed by atoms with Crippen molar-refractivity contribution in [1.82, 2.24) is 0 Å². The zero-order valence-electron chi connectivity index (χ0n) is 13.3. The van der Waals surface area contributed by atoms with E-state index in [9.17, 15) is 0 Å². The van der Waals surface area contributed by atoms with Crippen LogP contribution in [0.4, 0.5) is 0 Å². The van der Waals surface area contributed by atoms with Crippen molar-refractivity contribution in [2.75, 3.05) is 0 Å². The monoisotopic (exact) mass is 294 g/mol. The van der Waals surface area contributed by atoms with Crippen molar-refractivity contribution in [2.45, 2.75) is 19.8 Å². The number of hydrogen-bond donors (Lipinski definition) is 0. The van der Waals surface area contributed by atoms with E-state index in [1.165, 1.54) is 49.7 Å². The van der Waals surface area contributed by atoms with Crippen LogP contribution >= 0.6 is 0 Å². The van der Waals surface area contributed by atoms with Crippen LogP contribution in [-0.4, -0.2) is 0 Å². The third kappa shape index (κ3) is 1.72. The number of allylic oxidation sites excluding steroid dienone is 3. The molecule has 3 aromatic carbocycles. The Morgan fingerprint density at radius 1 is 0.826 bits per heavy atom. The number of hydrogen-bond acceptors (Lipinski definition) is 0. The van der Waals surface area contributed by atoms with E-state index in [0.29, 0.717) is 0 Å². The SMILES string of the molecule is CCC1=C(C2=Cc3ccccc3C2)c2cccc3cccc1c23. The smallest absolute Gasteiger partial charge is 0.00133 e. The third-order valence-electron chi connectivity index (χ3n) is 5.24. The van der Waals surface area contributed by atoms with Crippen LogP contribution in [0, 0.1) is 0 Å². The number of rotatable bonds is 2. The molecule has 0 heteroatoms. The molecule has 5 rings (SSSR count). The van der Waals surface area contributed by atoms with Crippen LogP contribution in [0.1, 0.15) is 35.6 Å². The van der Waals surface area contributed by atoms with Crippen molar-refractivity contribution in [3.05, 3.63) is 88.5 Å². The summed E-state index contributed by atoms with van der Waals surface area (Å²) in [6, 6.07) is 22.2. The van der Waals surface area contributed by atoms with Crippen LogP contribution in [0.2, 0.25) is 0 Å². The molecule has 0 aromatic heterocycles. The molecule has 0 bridgehead atoms. The molecule has 0 radical (unpaired) electrons. The van der Waals surface area contributed by atoms with Gasteiger partial charge in [-0.1, -0.05) is 73.7 Å². The Balaban J connectivity index is 1.77. The zero-order chi connectivity index (χ0) is 15.4. The molecular formula is C23H18. The van der Waals surface area contributed by atoms with Crippen molar-refractivity contribution in [1.29, 1.82) is 0 Å². The van der Waals surface area contributed by atoms with Gasteiger partial charge in [0.2, 0.25) is 0 Å². The second-order valence-corrected chi connectivity index (χ2v) is 6.46. The summed E-state index contributed by atoms with van der Waals surface area (Å²) in [7, 11) is 0. The van der Waals surface area contributed by atoms with Gasteiger partial charge in [0.1, 0.15) is 0 Å². The van der Waals surface area contributed by atoms with E-state index in [2.05, 4.69) is 73.7 Å². The number of benzene rings is 3. The maximum Gasteiger partial charge on any atom is -0.00133 e. The fourth-order valence-electron chi connectivity index (χ4n) is 4.27. The molecule has 110 valence electrons. The highest BCUT2D eigenvalue weighted by Crippen LogP contribution is 2.48. The van der Waals surface area contributed by atoms with Crippen LogP contribution in [-0.2, 0) is 6.42 Å². The summed E-state index contributed by atoms with van der Waals surface area (Å²) in [5.74, 6) is 0. The Morgan fingerprint density at radius 3 is 2.39 bits per heavy atom. The van der Waals surface area contributed by atoms with E-state index in [4.69, 9.17) is 0 Å². The van der Waals surface area contributed by atoms with E-state index < -0.39 is 0 Å². The lowest BCUT2D eigenvalue weighted by atomic mass is 9.94. The highest BCUT2D eigenvalue weighted by molar-refractivity contribution is 6.18. The van der Waals surface area contributed by atoms with Gasteiger partial charge in [-0.2, -0.15) is 0 Å². The fraction of sp³-hybridized carbons (Fsp3) is 0.130. The lowest BCUT2D eigenvalue weighted by Crippen LogP contribution is -1.90. The van der Waals surface area contributed by atoms with Crippen molar-refractivity contribution in [3.8, 4) is 0 Å². The first kappa shape index (κ1) is 12.9. The van der Waals surface area contributed by atoms with Gasteiger partial charge in [0.25, 0.3) is 0 Å². The molecule has 0 saturated heterocycles. The quantitative estimate of drug-likeness (QED) is 0.534. The predicted octanol–water partition coefficient (Wildman–Crippen LogP) is 6.11. The summed E-state index contributed by atoms with van der Waals surface area (Å²) < 4.78 is 0. The lowest BCUT2D eigenvalue weighted by Gasteiger charge is -2.09. The molecule has 0 aliphatic heterocycles. The highest BCUT2D eigenvalue weighted by atomic mass is 14.3. The summed E-state index contributed by atoms with van der Waals surface area (Å²) in [6.07, 6.45) is 4.53. The van der Waals surface area contributed by atoms with Gasteiger partial charge >= 0.3 is 0 Å². The second-order valence-electron chi connectivity index (χ2n) is 6.46. The zero-order valence-corrected chi connectivity index (χ0v) is 13.3. The van der Waals surface area contributed by atoms with Gasteiger partial charge in [0.15, 0.2) is 0 Å². The van der Waals surface area contributed by atoms with Crippen molar-refractivity contribution >= 4 is 28.0 Å². The van der Waals surface area contributed by atoms with Gasteiger partial charge in [-0.15, -0.1) is 0 Å². The minimum absolute atomic E-state index is 1.05. The molecule has 0 unspecified atom stereocenters. The molecule has 0 amide bonds. The summed E-state index contributed by atoms with van der Waals surface area (Å²) in [6.45, 7) is 2.28. The van der Waals surface area contributed by atoms with E-state index in [1.54, 1.807) is 0 Å². The summed E-state index contributed by atoms with van der Waals surface area (Å²) in [5.41, 5.74) is 10.2. The first-order valence-corrected chi connectivity index (χ1v) is 8.41. The molecule has 0 spiro atoms. The van der Waals surface area contributed by atoms with Crippen molar-refractivity contribution in [3.63, 3.8) is 0 Å². The molecule has 0 heterocycles. The Kier molecular flexibility index (Phi) is 2.63. The van der Waals surface area contributed by atoms with Gasteiger partial charge < -0.3 is 0 Å². The van der Waals surface area contributed by atoms with Gasteiger partial charge in [0, 0.05) is 0 Å². The topological polar surface area (TPSA) is 0 Å². The van der Waals surface area contributed by atoms with Gasteiger partial charge in [-0.3, -0.25) is 0 Å². The first-order chi connectivity index (χ1) is 11.4. The first-order valence-electron chi connectivity index (χ1n) is 8.41. The Hall–Kier alpha value is -2.60. The molecule has 0 saturated carbocycles.